The molecule has 0 aliphatic carbocycles. The molecular weight excluding hydrogens is 214 g/mol. The molecule has 0 amide bonds. The van der Waals surface area contributed by atoms with Gasteiger partial charge in [-0.1, -0.05) is 18.8 Å². The van der Waals surface area contributed by atoms with Crippen LogP contribution in [-0.4, -0.2) is 43.4 Å². The van der Waals surface area contributed by atoms with Crippen molar-refractivity contribution in [2.75, 3.05) is 33.4 Å². The van der Waals surface area contributed by atoms with Gasteiger partial charge in [0.1, 0.15) is 19.0 Å². The van der Waals surface area contributed by atoms with E-state index in [-0.39, 0.29) is 6.61 Å². The van der Waals surface area contributed by atoms with Crippen LogP contribution in [0.15, 0.2) is 24.3 Å². The molecule has 0 unspecified atom stereocenters. The molecule has 0 saturated heterocycles. The van der Waals surface area contributed by atoms with Crippen molar-refractivity contribution in [3.8, 4) is 17.6 Å². The molecule has 0 atom stereocenters. The van der Waals surface area contributed by atoms with Crippen LogP contribution >= 0.6 is 0 Å². The Hall–Kier alpha value is -1.50. The zero-order chi connectivity index (χ0) is 12.5. The van der Waals surface area contributed by atoms with Crippen molar-refractivity contribution in [1.82, 2.24) is 4.90 Å². The number of aliphatic hydroxyl groups is 1. The van der Waals surface area contributed by atoms with Gasteiger partial charge in [0.2, 0.25) is 0 Å². The number of rotatable bonds is 5. The van der Waals surface area contributed by atoms with E-state index < -0.39 is 0 Å². The molecule has 0 saturated carbocycles. The van der Waals surface area contributed by atoms with E-state index in [1.165, 1.54) is 0 Å². The molecule has 1 N–H and O–H groups in total. The molecule has 0 aliphatic rings. The van der Waals surface area contributed by atoms with Crippen molar-refractivity contribution in [3.05, 3.63) is 29.8 Å². The van der Waals surface area contributed by atoms with Crippen LogP contribution in [0.5, 0.6) is 5.75 Å². The second kappa shape index (κ2) is 7.72. The van der Waals surface area contributed by atoms with Crippen molar-refractivity contribution >= 4 is 0 Å². The fourth-order valence-electron chi connectivity index (χ4n) is 1.25. The first-order valence-electron chi connectivity index (χ1n) is 5.77. The summed E-state index contributed by atoms with van der Waals surface area (Å²) in [6, 6.07) is 7.57. The van der Waals surface area contributed by atoms with Gasteiger partial charge in [-0.15, -0.1) is 0 Å². The smallest absolute Gasteiger partial charge is 0.119 e. The summed E-state index contributed by atoms with van der Waals surface area (Å²) >= 11 is 0. The van der Waals surface area contributed by atoms with E-state index in [1.807, 2.05) is 24.3 Å². The maximum Gasteiger partial charge on any atom is 0.119 e. The van der Waals surface area contributed by atoms with Crippen LogP contribution in [0.3, 0.4) is 0 Å². The summed E-state index contributed by atoms with van der Waals surface area (Å²) in [5.74, 6) is 6.30. The zero-order valence-electron chi connectivity index (χ0n) is 10.4. The van der Waals surface area contributed by atoms with E-state index in [2.05, 4.69) is 30.7 Å². The van der Waals surface area contributed by atoms with E-state index in [1.54, 1.807) is 0 Å². The number of ether oxygens (including phenoxy) is 1. The standard InChI is InChI=1S/C14H19NO2/c1-3-15(2)10-12-17-14-8-6-13(7-9-14)5-4-11-16/h6-9,16H,3,10-12H2,1-2H3. The lowest BCUT2D eigenvalue weighted by atomic mass is 10.2. The molecule has 0 spiro atoms. The Bertz CT molecular complexity index is 375. The minimum atomic E-state index is -0.110. The monoisotopic (exact) mass is 233 g/mol. The molecular formula is C14H19NO2. The Kier molecular flexibility index (Phi) is 6.16. The third-order valence-corrected chi connectivity index (χ3v) is 2.45. The third-order valence-electron chi connectivity index (χ3n) is 2.45. The number of nitrogens with zero attached hydrogens (tertiary/aromatic N) is 1. The minimum Gasteiger partial charge on any atom is -0.492 e. The van der Waals surface area contributed by atoms with Gasteiger partial charge in [-0.2, -0.15) is 0 Å². The topological polar surface area (TPSA) is 32.7 Å². The maximum atomic E-state index is 8.57. The van der Waals surface area contributed by atoms with Crippen molar-refractivity contribution < 1.29 is 9.84 Å². The van der Waals surface area contributed by atoms with E-state index in [0.29, 0.717) is 6.61 Å². The summed E-state index contributed by atoms with van der Waals surface area (Å²) in [6.07, 6.45) is 0. The van der Waals surface area contributed by atoms with Gasteiger partial charge in [-0.3, -0.25) is 0 Å². The van der Waals surface area contributed by atoms with Crippen LogP contribution in [0.1, 0.15) is 12.5 Å². The molecule has 0 radical (unpaired) electrons. The highest BCUT2D eigenvalue weighted by Gasteiger charge is 1.96. The highest BCUT2D eigenvalue weighted by atomic mass is 16.5. The average molecular weight is 233 g/mol. The molecule has 3 nitrogen and oxygen atoms in total. The van der Waals surface area contributed by atoms with E-state index in [0.717, 1.165) is 24.4 Å². The molecule has 3 heteroatoms. The molecule has 0 heterocycles. The lowest BCUT2D eigenvalue weighted by Gasteiger charge is -2.14. The second-order valence-electron chi connectivity index (χ2n) is 3.73. The van der Waals surface area contributed by atoms with Gasteiger partial charge in [0.15, 0.2) is 0 Å². The SMILES string of the molecule is CCN(C)CCOc1ccc(C#CCO)cc1. The first kappa shape index (κ1) is 13.6. The van der Waals surface area contributed by atoms with E-state index in [4.69, 9.17) is 9.84 Å². The number of hydrogen-bond acceptors (Lipinski definition) is 3. The Morgan fingerprint density at radius 3 is 2.59 bits per heavy atom. The van der Waals surface area contributed by atoms with Gasteiger partial charge in [0.25, 0.3) is 0 Å². The highest BCUT2D eigenvalue weighted by molar-refractivity contribution is 5.38. The molecule has 0 bridgehead atoms. The summed E-state index contributed by atoms with van der Waals surface area (Å²) in [6.45, 7) is 4.64. The number of aliphatic hydroxyl groups excluding tert-OH is 1. The van der Waals surface area contributed by atoms with E-state index in [9.17, 15) is 0 Å². The normalized spacial score (nSPS) is 9.88. The predicted octanol–water partition coefficient (Wildman–Crippen LogP) is 1.36. The minimum absolute atomic E-state index is 0.110. The third kappa shape index (κ3) is 5.39. The lowest BCUT2D eigenvalue weighted by Crippen LogP contribution is -2.23. The Morgan fingerprint density at radius 1 is 1.29 bits per heavy atom. The van der Waals surface area contributed by atoms with Gasteiger partial charge >= 0.3 is 0 Å². The number of benzene rings is 1. The lowest BCUT2D eigenvalue weighted by molar-refractivity contribution is 0.244. The largest absolute Gasteiger partial charge is 0.492 e. The summed E-state index contributed by atoms with van der Waals surface area (Å²) in [4.78, 5) is 2.20. The predicted molar refractivity (Wildman–Crippen MR) is 69.1 cm³/mol. The molecule has 0 aliphatic heterocycles. The molecule has 0 fully saturated rings. The first-order valence-corrected chi connectivity index (χ1v) is 5.77. The molecule has 17 heavy (non-hydrogen) atoms. The van der Waals surface area contributed by atoms with Gasteiger partial charge < -0.3 is 14.7 Å². The van der Waals surface area contributed by atoms with Crippen LogP contribution in [0.25, 0.3) is 0 Å². The van der Waals surface area contributed by atoms with Crippen molar-refractivity contribution in [2.45, 2.75) is 6.92 Å². The van der Waals surface area contributed by atoms with Gasteiger partial charge in [0.05, 0.1) is 0 Å². The fourth-order valence-corrected chi connectivity index (χ4v) is 1.25. The highest BCUT2D eigenvalue weighted by Crippen LogP contribution is 2.11. The average Bonchev–Trinajstić information content (AvgIpc) is 2.37. The van der Waals surface area contributed by atoms with Crippen LogP contribution in [0.4, 0.5) is 0 Å². The quantitative estimate of drug-likeness (QED) is 0.779. The number of likely N-dealkylation sites (N-methyl/N-ethyl adjacent to an activating group) is 1. The van der Waals surface area contributed by atoms with Crippen molar-refractivity contribution in [3.63, 3.8) is 0 Å². The zero-order valence-corrected chi connectivity index (χ0v) is 10.4. The molecule has 0 aromatic heterocycles. The van der Waals surface area contributed by atoms with Crippen molar-refractivity contribution in [1.29, 1.82) is 0 Å². The Labute approximate surface area is 103 Å². The van der Waals surface area contributed by atoms with Gasteiger partial charge in [-0.25, -0.2) is 0 Å². The second-order valence-corrected chi connectivity index (χ2v) is 3.73. The fraction of sp³-hybridized carbons (Fsp3) is 0.429. The maximum absolute atomic E-state index is 8.57. The van der Waals surface area contributed by atoms with Crippen LogP contribution < -0.4 is 4.74 Å². The Balaban J connectivity index is 2.40. The summed E-state index contributed by atoms with van der Waals surface area (Å²) in [5.41, 5.74) is 0.886. The first-order chi connectivity index (χ1) is 8.26. The molecule has 92 valence electrons. The van der Waals surface area contributed by atoms with Crippen LogP contribution in [-0.2, 0) is 0 Å². The van der Waals surface area contributed by atoms with Gasteiger partial charge in [-0.05, 0) is 37.9 Å². The van der Waals surface area contributed by atoms with Crippen molar-refractivity contribution in [2.24, 2.45) is 0 Å². The van der Waals surface area contributed by atoms with Crippen LogP contribution in [0, 0.1) is 11.8 Å². The number of hydrogen-bond donors (Lipinski definition) is 1. The van der Waals surface area contributed by atoms with Crippen LogP contribution in [0.2, 0.25) is 0 Å². The van der Waals surface area contributed by atoms with Gasteiger partial charge in [0, 0.05) is 12.1 Å². The Morgan fingerprint density at radius 2 is 2.00 bits per heavy atom. The molecule has 1 aromatic rings. The summed E-state index contributed by atoms with van der Waals surface area (Å²) in [5, 5.41) is 8.57. The molecule has 1 aromatic carbocycles. The summed E-state index contributed by atoms with van der Waals surface area (Å²) < 4.78 is 5.60. The van der Waals surface area contributed by atoms with E-state index >= 15 is 0 Å². The molecule has 1 rings (SSSR count). The summed E-state index contributed by atoms with van der Waals surface area (Å²) in [7, 11) is 2.07.